The van der Waals surface area contributed by atoms with Crippen molar-refractivity contribution in [3.8, 4) is 16.9 Å². The third-order valence-corrected chi connectivity index (χ3v) is 7.71. The number of aryl methyl sites for hydroxylation is 1. The highest BCUT2D eigenvalue weighted by Crippen LogP contribution is 2.30. The lowest BCUT2D eigenvalue weighted by molar-refractivity contribution is -0.154. The van der Waals surface area contributed by atoms with Gasteiger partial charge in [0.25, 0.3) is 5.91 Å². The van der Waals surface area contributed by atoms with Crippen molar-refractivity contribution < 1.29 is 23.9 Å². The van der Waals surface area contributed by atoms with Crippen LogP contribution in [0.15, 0.2) is 48.5 Å². The van der Waals surface area contributed by atoms with Gasteiger partial charge in [0, 0.05) is 25.2 Å². The van der Waals surface area contributed by atoms with Gasteiger partial charge in [-0.3, -0.25) is 14.4 Å². The minimum atomic E-state index is -0.746. The zero-order valence-electron chi connectivity index (χ0n) is 26.9. The fourth-order valence-electron chi connectivity index (χ4n) is 4.92. The van der Waals surface area contributed by atoms with E-state index >= 15 is 0 Å². The van der Waals surface area contributed by atoms with E-state index in [-0.39, 0.29) is 24.0 Å². The lowest BCUT2D eigenvalue weighted by atomic mass is 9.92. The van der Waals surface area contributed by atoms with Gasteiger partial charge in [0.2, 0.25) is 0 Å². The Morgan fingerprint density at radius 2 is 1.39 bits per heavy atom. The summed E-state index contributed by atoms with van der Waals surface area (Å²) in [6.07, 6.45) is 2.53. The van der Waals surface area contributed by atoms with Gasteiger partial charge in [-0.05, 0) is 96.0 Å². The van der Waals surface area contributed by atoms with Crippen LogP contribution in [-0.2, 0) is 27.4 Å². The molecule has 4 rings (SSSR count). The van der Waals surface area contributed by atoms with E-state index < -0.39 is 22.7 Å². The molecular formula is C35H44N4O5. The van der Waals surface area contributed by atoms with Crippen molar-refractivity contribution in [2.45, 2.75) is 74.3 Å². The van der Waals surface area contributed by atoms with Gasteiger partial charge in [0.1, 0.15) is 12.4 Å². The summed E-state index contributed by atoms with van der Waals surface area (Å²) in [4.78, 5) is 48.0. The number of hydrogen-bond donors (Lipinski definition) is 1. The van der Waals surface area contributed by atoms with Gasteiger partial charge in [-0.25, -0.2) is 9.97 Å². The van der Waals surface area contributed by atoms with Crippen molar-refractivity contribution in [2.24, 2.45) is 22.5 Å². The molecule has 1 fully saturated rings. The van der Waals surface area contributed by atoms with E-state index in [4.69, 9.17) is 15.2 Å². The molecule has 0 atom stereocenters. The van der Waals surface area contributed by atoms with Gasteiger partial charge in [0.05, 0.1) is 16.5 Å². The standard InChI is InChI=1S/C35H44N4O5/c1-22-30(44-33(42)35(5,6)7)29(31(36)40)38-28(37-22)20-23-16-18-39(19-17-23)27-14-12-26(13-15-27)25-10-8-24(9-11-25)21-43-32(41)34(2,3)4/h8-15,23H,16-21H2,1-7H3,(H2,36,40). The summed E-state index contributed by atoms with van der Waals surface area (Å²) in [5.41, 5.74) is 9.06. The van der Waals surface area contributed by atoms with E-state index in [2.05, 4.69) is 51.3 Å². The zero-order valence-corrected chi connectivity index (χ0v) is 26.9. The van der Waals surface area contributed by atoms with Crippen LogP contribution in [-0.4, -0.2) is 40.9 Å². The Hall–Kier alpha value is -4.27. The molecule has 3 aromatic rings. The highest BCUT2D eigenvalue weighted by molar-refractivity contribution is 5.95. The molecule has 44 heavy (non-hydrogen) atoms. The predicted octanol–water partition coefficient (Wildman–Crippen LogP) is 6.05. The number of anilines is 1. The Labute approximate surface area is 260 Å². The summed E-state index contributed by atoms with van der Waals surface area (Å²) >= 11 is 0. The number of carbonyl (C=O) groups excluding carboxylic acids is 3. The topological polar surface area (TPSA) is 125 Å². The fourth-order valence-corrected chi connectivity index (χ4v) is 4.92. The molecule has 0 aliphatic carbocycles. The molecule has 0 unspecified atom stereocenters. The van der Waals surface area contributed by atoms with E-state index in [1.807, 2.05) is 32.9 Å². The molecule has 0 radical (unpaired) electrons. The normalized spacial score (nSPS) is 14.3. The molecule has 2 heterocycles. The second kappa shape index (κ2) is 13.2. The lowest BCUT2D eigenvalue weighted by Crippen LogP contribution is -2.34. The van der Waals surface area contributed by atoms with Crippen molar-refractivity contribution in [2.75, 3.05) is 18.0 Å². The fraction of sp³-hybridized carbons (Fsp3) is 0.457. The number of benzene rings is 2. The third-order valence-electron chi connectivity index (χ3n) is 7.71. The molecular weight excluding hydrogens is 556 g/mol. The average molecular weight is 601 g/mol. The molecule has 1 saturated heterocycles. The maximum atomic E-state index is 12.4. The predicted molar refractivity (Wildman–Crippen MR) is 170 cm³/mol. The zero-order chi connectivity index (χ0) is 32.2. The average Bonchev–Trinajstić information content (AvgIpc) is 2.96. The molecule has 1 aromatic heterocycles. The molecule has 9 heteroatoms. The number of ether oxygens (including phenoxy) is 2. The van der Waals surface area contributed by atoms with E-state index in [9.17, 15) is 14.4 Å². The molecule has 1 aliphatic heterocycles. The van der Waals surface area contributed by atoms with E-state index in [0.29, 0.717) is 23.9 Å². The number of nitrogens with two attached hydrogens (primary N) is 1. The van der Waals surface area contributed by atoms with Gasteiger partial charge < -0.3 is 20.1 Å². The van der Waals surface area contributed by atoms with Crippen LogP contribution in [0.1, 0.15) is 82.0 Å². The van der Waals surface area contributed by atoms with Crippen molar-refractivity contribution in [3.05, 3.63) is 71.3 Å². The Bertz CT molecular complexity index is 1490. The van der Waals surface area contributed by atoms with E-state index in [1.165, 1.54) is 5.69 Å². The summed E-state index contributed by atoms with van der Waals surface area (Å²) in [6.45, 7) is 14.5. The first-order valence-corrected chi connectivity index (χ1v) is 15.1. The monoisotopic (exact) mass is 600 g/mol. The van der Waals surface area contributed by atoms with Crippen molar-refractivity contribution in [1.82, 2.24) is 9.97 Å². The van der Waals surface area contributed by atoms with Gasteiger partial charge in [0.15, 0.2) is 11.4 Å². The highest BCUT2D eigenvalue weighted by atomic mass is 16.5. The Morgan fingerprint density at radius 3 is 1.91 bits per heavy atom. The first-order valence-electron chi connectivity index (χ1n) is 15.1. The molecule has 0 saturated carbocycles. The van der Waals surface area contributed by atoms with Crippen LogP contribution >= 0.6 is 0 Å². The maximum Gasteiger partial charge on any atom is 0.316 e. The van der Waals surface area contributed by atoms with Crippen LogP contribution in [0.2, 0.25) is 0 Å². The molecule has 2 aromatic carbocycles. The largest absolute Gasteiger partial charge is 0.460 e. The first kappa shape index (κ1) is 32.6. The summed E-state index contributed by atoms with van der Waals surface area (Å²) in [5, 5.41) is 0. The summed E-state index contributed by atoms with van der Waals surface area (Å²) < 4.78 is 10.9. The molecule has 234 valence electrons. The molecule has 9 nitrogen and oxygen atoms in total. The van der Waals surface area contributed by atoms with Gasteiger partial charge in [-0.2, -0.15) is 0 Å². The number of nitrogens with zero attached hydrogens (tertiary/aromatic N) is 3. The number of piperidine rings is 1. The van der Waals surface area contributed by atoms with Crippen LogP contribution < -0.4 is 15.4 Å². The van der Waals surface area contributed by atoms with E-state index in [0.717, 1.165) is 42.6 Å². The Balaban J connectivity index is 1.33. The molecule has 1 aliphatic rings. The number of rotatable bonds is 8. The summed E-state index contributed by atoms with van der Waals surface area (Å²) in [5.74, 6) is -0.505. The van der Waals surface area contributed by atoms with Gasteiger partial charge in [-0.15, -0.1) is 0 Å². The molecule has 0 spiro atoms. The number of amides is 1. The first-order chi connectivity index (χ1) is 20.6. The van der Waals surface area contributed by atoms with Crippen LogP contribution in [0.3, 0.4) is 0 Å². The molecule has 1 amide bonds. The minimum Gasteiger partial charge on any atom is -0.460 e. The van der Waals surface area contributed by atoms with Crippen LogP contribution in [0.25, 0.3) is 11.1 Å². The second-order valence-corrected chi connectivity index (χ2v) is 13.6. The van der Waals surface area contributed by atoms with Crippen LogP contribution in [0.4, 0.5) is 5.69 Å². The summed E-state index contributed by atoms with van der Waals surface area (Å²) in [7, 11) is 0. The SMILES string of the molecule is Cc1nc(CC2CCN(c3ccc(-c4ccc(COC(=O)C(C)(C)C)cc4)cc3)CC2)nc(C(N)=O)c1OC(=O)C(C)(C)C. The second-order valence-electron chi connectivity index (χ2n) is 13.6. The van der Waals surface area contributed by atoms with Crippen LogP contribution in [0, 0.1) is 23.7 Å². The Morgan fingerprint density at radius 1 is 0.841 bits per heavy atom. The minimum absolute atomic E-state index is 0.0389. The third kappa shape index (κ3) is 8.21. The number of hydrogen-bond acceptors (Lipinski definition) is 8. The molecule has 2 N–H and O–H groups in total. The Kier molecular flexibility index (Phi) is 9.76. The van der Waals surface area contributed by atoms with Gasteiger partial charge >= 0.3 is 11.9 Å². The highest BCUT2D eigenvalue weighted by Gasteiger charge is 2.29. The lowest BCUT2D eigenvalue weighted by Gasteiger charge is -2.33. The van der Waals surface area contributed by atoms with Crippen molar-refractivity contribution >= 4 is 23.5 Å². The number of carbonyl (C=O) groups is 3. The van der Waals surface area contributed by atoms with Crippen molar-refractivity contribution in [3.63, 3.8) is 0 Å². The number of esters is 2. The maximum absolute atomic E-state index is 12.4. The summed E-state index contributed by atoms with van der Waals surface area (Å²) in [6, 6.07) is 16.7. The van der Waals surface area contributed by atoms with Crippen molar-refractivity contribution in [1.29, 1.82) is 0 Å². The van der Waals surface area contributed by atoms with Crippen LogP contribution in [0.5, 0.6) is 5.75 Å². The van der Waals surface area contributed by atoms with E-state index in [1.54, 1.807) is 27.7 Å². The quantitative estimate of drug-likeness (QED) is 0.310. The molecule has 0 bridgehead atoms. The number of aromatic nitrogens is 2. The van der Waals surface area contributed by atoms with Gasteiger partial charge in [-0.1, -0.05) is 36.4 Å². The smallest absolute Gasteiger partial charge is 0.316 e. The number of primary amides is 1.